The number of benzene rings is 2. The third-order valence-corrected chi connectivity index (χ3v) is 5.42. The number of anilines is 2. The zero-order valence-corrected chi connectivity index (χ0v) is 18.6. The Hall–Kier alpha value is -2.88. The zero-order valence-electron chi connectivity index (χ0n) is 16.2. The van der Waals surface area contributed by atoms with Crippen molar-refractivity contribution in [1.29, 1.82) is 0 Å². The van der Waals surface area contributed by atoms with E-state index in [9.17, 15) is 14.4 Å². The summed E-state index contributed by atoms with van der Waals surface area (Å²) in [6, 6.07) is 11.5. The van der Waals surface area contributed by atoms with Gasteiger partial charge in [-0.25, -0.2) is 0 Å². The van der Waals surface area contributed by atoms with Crippen LogP contribution < -0.4 is 16.2 Å². The lowest BCUT2D eigenvalue weighted by Crippen LogP contribution is -2.18. The van der Waals surface area contributed by atoms with E-state index in [-0.39, 0.29) is 28.4 Å². The predicted octanol–water partition coefficient (Wildman–Crippen LogP) is 4.22. The lowest BCUT2D eigenvalue weighted by Gasteiger charge is -2.09. The highest BCUT2D eigenvalue weighted by molar-refractivity contribution is 7.99. The molecule has 0 aliphatic rings. The summed E-state index contributed by atoms with van der Waals surface area (Å²) in [6.07, 6.45) is 0.300. The van der Waals surface area contributed by atoms with Crippen LogP contribution in [0.15, 0.2) is 52.4 Å². The Balaban J connectivity index is 1.70. The zero-order chi connectivity index (χ0) is 22.4. The molecule has 0 unspecified atom stereocenters. The van der Waals surface area contributed by atoms with E-state index in [1.165, 1.54) is 6.07 Å². The number of rotatable bonds is 7. The number of carbonyl (C=O) groups is 2. The first-order valence-corrected chi connectivity index (χ1v) is 10.9. The standard InChI is InChI=1S/C20H17Cl2N5O3S/c1-2-16(28)23-14-6-4-3-5-12(14)18-19(30)25-20(27-26-18)31-10-17(29)24-15-9-11(21)7-8-13(15)22/h3-9H,2,10H2,1H3,(H,23,28)(H,24,29)(H,25,27,30). The van der Waals surface area contributed by atoms with Crippen LogP contribution in [0.2, 0.25) is 10.0 Å². The van der Waals surface area contributed by atoms with Crippen LogP contribution >= 0.6 is 35.0 Å². The lowest BCUT2D eigenvalue weighted by atomic mass is 10.1. The number of H-pyrrole nitrogens is 1. The van der Waals surface area contributed by atoms with Crippen LogP contribution in [-0.4, -0.2) is 32.7 Å². The quantitative estimate of drug-likeness (QED) is 0.438. The summed E-state index contributed by atoms with van der Waals surface area (Å²) in [7, 11) is 0. The number of halogens is 2. The number of aromatic nitrogens is 3. The number of carbonyl (C=O) groups excluding carboxylic acids is 2. The number of hydrogen-bond acceptors (Lipinski definition) is 6. The van der Waals surface area contributed by atoms with Crippen molar-refractivity contribution in [3.63, 3.8) is 0 Å². The van der Waals surface area contributed by atoms with Gasteiger partial charge in [0.15, 0.2) is 10.9 Å². The van der Waals surface area contributed by atoms with Crippen LogP contribution in [0, 0.1) is 0 Å². The molecule has 0 spiro atoms. The second-order valence-corrected chi connectivity index (χ2v) is 8.02. The van der Waals surface area contributed by atoms with Crippen LogP contribution in [0.4, 0.5) is 11.4 Å². The highest BCUT2D eigenvalue weighted by Gasteiger charge is 2.14. The van der Waals surface area contributed by atoms with Crippen molar-refractivity contribution in [3.8, 4) is 11.3 Å². The number of hydrogen-bond donors (Lipinski definition) is 3. The van der Waals surface area contributed by atoms with Gasteiger partial charge in [0.2, 0.25) is 11.8 Å². The molecule has 160 valence electrons. The monoisotopic (exact) mass is 477 g/mol. The van der Waals surface area contributed by atoms with E-state index in [0.717, 1.165) is 11.8 Å². The van der Waals surface area contributed by atoms with E-state index >= 15 is 0 Å². The molecule has 0 saturated carbocycles. The van der Waals surface area contributed by atoms with Crippen molar-refractivity contribution >= 4 is 58.2 Å². The minimum absolute atomic E-state index is 0.0318. The topological polar surface area (TPSA) is 117 Å². The van der Waals surface area contributed by atoms with Crippen molar-refractivity contribution in [1.82, 2.24) is 15.2 Å². The smallest absolute Gasteiger partial charge is 0.278 e. The van der Waals surface area contributed by atoms with E-state index < -0.39 is 5.56 Å². The lowest BCUT2D eigenvalue weighted by molar-refractivity contribution is -0.116. The average molecular weight is 478 g/mol. The van der Waals surface area contributed by atoms with Gasteiger partial charge in [0.1, 0.15) is 0 Å². The van der Waals surface area contributed by atoms with Gasteiger partial charge >= 0.3 is 0 Å². The molecule has 1 aromatic heterocycles. The molecule has 0 aliphatic heterocycles. The van der Waals surface area contributed by atoms with Crippen molar-refractivity contribution in [2.75, 3.05) is 16.4 Å². The Morgan fingerprint density at radius 1 is 1.03 bits per heavy atom. The molecule has 3 rings (SSSR count). The number of nitrogens with zero attached hydrogens (tertiary/aromatic N) is 2. The normalized spacial score (nSPS) is 10.5. The third-order valence-electron chi connectivity index (χ3n) is 4.00. The molecule has 1 heterocycles. The van der Waals surface area contributed by atoms with Gasteiger partial charge in [-0.15, -0.1) is 10.2 Å². The van der Waals surface area contributed by atoms with Crippen LogP contribution in [-0.2, 0) is 9.59 Å². The molecule has 0 fully saturated rings. The van der Waals surface area contributed by atoms with Gasteiger partial charge in [-0.3, -0.25) is 19.4 Å². The first kappa shape index (κ1) is 22.8. The second-order valence-electron chi connectivity index (χ2n) is 6.22. The Kier molecular flexibility index (Phi) is 7.67. The molecule has 0 aliphatic carbocycles. The molecular weight excluding hydrogens is 461 g/mol. The fraction of sp³-hybridized carbons (Fsp3) is 0.150. The van der Waals surface area contributed by atoms with E-state index in [1.54, 1.807) is 43.3 Å². The molecule has 0 bridgehead atoms. The molecule has 3 aromatic rings. The molecule has 0 radical (unpaired) electrons. The van der Waals surface area contributed by atoms with Crippen molar-refractivity contribution in [2.45, 2.75) is 18.5 Å². The van der Waals surface area contributed by atoms with Crippen molar-refractivity contribution < 1.29 is 9.59 Å². The van der Waals surface area contributed by atoms with Crippen LogP contribution in [0.25, 0.3) is 11.3 Å². The molecule has 8 nitrogen and oxygen atoms in total. The SMILES string of the molecule is CCC(=O)Nc1ccccc1-c1nnc(SCC(=O)Nc2cc(Cl)ccc2Cl)[nH]c1=O. The van der Waals surface area contributed by atoms with Gasteiger partial charge in [0.25, 0.3) is 5.56 Å². The minimum Gasteiger partial charge on any atom is -0.325 e. The minimum atomic E-state index is -0.492. The first-order chi connectivity index (χ1) is 14.9. The number of thioether (sulfide) groups is 1. The van der Waals surface area contributed by atoms with Gasteiger partial charge in [-0.05, 0) is 24.3 Å². The summed E-state index contributed by atoms with van der Waals surface area (Å²) in [5.41, 5.74) is 0.871. The molecular formula is C20H17Cl2N5O3S. The van der Waals surface area contributed by atoms with Crippen LogP contribution in [0.3, 0.4) is 0 Å². The van der Waals surface area contributed by atoms with Crippen molar-refractivity contribution in [3.05, 3.63) is 62.9 Å². The van der Waals surface area contributed by atoms with E-state index in [1.807, 2.05) is 0 Å². The fourth-order valence-corrected chi connectivity index (χ4v) is 3.45. The maximum absolute atomic E-state index is 12.5. The van der Waals surface area contributed by atoms with Crippen LogP contribution in [0.5, 0.6) is 0 Å². The average Bonchev–Trinajstić information content (AvgIpc) is 2.75. The fourth-order valence-electron chi connectivity index (χ4n) is 2.51. The maximum atomic E-state index is 12.5. The third kappa shape index (κ3) is 6.06. The number of amides is 2. The predicted molar refractivity (Wildman–Crippen MR) is 123 cm³/mol. The molecule has 0 saturated heterocycles. The summed E-state index contributed by atoms with van der Waals surface area (Å²) in [4.78, 5) is 39.1. The van der Waals surface area contributed by atoms with Gasteiger partial charge in [0, 0.05) is 17.0 Å². The van der Waals surface area contributed by atoms with E-state index in [4.69, 9.17) is 23.2 Å². The summed E-state index contributed by atoms with van der Waals surface area (Å²) < 4.78 is 0. The molecule has 31 heavy (non-hydrogen) atoms. The Bertz CT molecular complexity index is 1190. The second kappa shape index (κ2) is 10.4. The Morgan fingerprint density at radius 2 is 1.77 bits per heavy atom. The summed E-state index contributed by atoms with van der Waals surface area (Å²) in [6.45, 7) is 1.73. The first-order valence-electron chi connectivity index (χ1n) is 9.11. The van der Waals surface area contributed by atoms with Crippen LogP contribution in [0.1, 0.15) is 13.3 Å². The van der Waals surface area contributed by atoms with Gasteiger partial charge in [0.05, 0.1) is 22.2 Å². The van der Waals surface area contributed by atoms with Gasteiger partial charge in [-0.2, -0.15) is 0 Å². The highest BCUT2D eigenvalue weighted by Crippen LogP contribution is 2.26. The highest BCUT2D eigenvalue weighted by atomic mass is 35.5. The number of nitrogens with one attached hydrogen (secondary N) is 3. The Labute approximate surface area is 191 Å². The largest absolute Gasteiger partial charge is 0.325 e. The number of aromatic amines is 1. The summed E-state index contributed by atoms with van der Waals surface area (Å²) >= 11 is 12.9. The summed E-state index contributed by atoms with van der Waals surface area (Å²) in [5.74, 6) is -0.570. The molecule has 11 heteroatoms. The molecule has 2 amide bonds. The molecule has 0 atom stereocenters. The van der Waals surface area contributed by atoms with E-state index in [2.05, 4.69) is 25.8 Å². The molecule has 2 aromatic carbocycles. The molecule has 3 N–H and O–H groups in total. The Morgan fingerprint density at radius 3 is 2.52 bits per heavy atom. The number of para-hydroxylation sites is 1. The van der Waals surface area contributed by atoms with Gasteiger partial charge in [-0.1, -0.05) is 60.1 Å². The summed E-state index contributed by atoms with van der Waals surface area (Å²) in [5, 5.41) is 14.3. The maximum Gasteiger partial charge on any atom is 0.278 e. The van der Waals surface area contributed by atoms with Crippen molar-refractivity contribution in [2.24, 2.45) is 0 Å². The van der Waals surface area contributed by atoms with E-state index in [0.29, 0.717) is 33.4 Å². The van der Waals surface area contributed by atoms with Gasteiger partial charge < -0.3 is 10.6 Å².